The summed E-state index contributed by atoms with van der Waals surface area (Å²) in [6, 6.07) is 76.4. The van der Waals surface area contributed by atoms with Crippen molar-refractivity contribution in [3.8, 4) is 44.5 Å². The Kier molecular flexibility index (Phi) is 7.95. The Morgan fingerprint density at radius 3 is 1.78 bits per heavy atom. The highest BCUT2D eigenvalue weighted by Crippen LogP contribution is 2.52. The summed E-state index contributed by atoms with van der Waals surface area (Å²) in [6.45, 7) is 4.69. The summed E-state index contributed by atoms with van der Waals surface area (Å²) in [4.78, 5) is 2.40. The minimum atomic E-state index is -0.139. The molecule has 0 aliphatic heterocycles. The number of furan rings is 2. The lowest BCUT2D eigenvalue weighted by Crippen LogP contribution is -2.16. The Balaban J connectivity index is 0.994. The van der Waals surface area contributed by atoms with E-state index in [-0.39, 0.29) is 5.41 Å². The first-order valence-corrected chi connectivity index (χ1v) is 22.1. The van der Waals surface area contributed by atoms with E-state index in [1.54, 1.807) is 0 Å². The minimum absolute atomic E-state index is 0.139. The average Bonchev–Trinajstić information content (AvgIpc) is 4.00. The quantitative estimate of drug-likeness (QED) is 0.167. The SMILES string of the molecule is CC1(C)c2ccccc2-c2ccc(N(c3ccccc3)c3cccc4oc5c6ccccc6c(-c6cccc7c6oc6ccc(-c8ccc(-c9ccccc9)cc8)cc67)cc5c34)cc21. The molecular formula is C61H41NO2. The average molecular weight is 820 g/mol. The lowest BCUT2D eigenvalue weighted by atomic mass is 9.82. The van der Waals surface area contributed by atoms with Crippen LogP contribution in [0.2, 0.25) is 0 Å². The zero-order valence-corrected chi connectivity index (χ0v) is 35.5. The van der Waals surface area contributed by atoms with Crippen molar-refractivity contribution in [1.29, 1.82) is 0 Å². The molecule has 0 bridgehead atoms. The lowest BCUT2D eigenvalue weighted by molar-refractivity contribution is 0.660. The Labute approximate surface area is 371 Å². The molecule has 2 heterocycles. The first kappa shape index (κ1) is 36.5. The van der Waals surface area contributed by atoms with Crippen LogP contribution >= 0.6 is 0 Å². The fourth-order valence-electron chi connectivity index (χ4n) is 10.6. The number of fused-ring (bicyclic) bond motifs is 11. The maximum Gasteiger partial charge on any atom is 0.143 e. The van der Waals surface area contributed by atoms with E-state index >= 15 is 0 Å². The van der Waals surface area contributed by atoms with E-state index in [0.717, 1.165) is 88.4 Å². The third kappa shape index (κ3) is 5.47. The number of benzene rings is 10. The van der Waals surface area contributed by atoms with Crippen molar-refractivity contribution in [2.45, 2.75) is 19.3 Å². The predicted octanol–water partition coefficient (Wildman–Crippen LogP) is 17.4. The summed E-state index contributed by atoms with van der Waals surface area (Å²) in [6.07, 6.45) is 0. The van der Waals surface area contributed by atoms with E-state index in [4.69, 9.17) is 8.83 Å². The summed E-state index contributed by atoms with van der Waals surface area (Å²) < 4.78 is 13.8. The molecular weight excluding hydrogens is 779 g/mol. The van der Waals surface area contributed by atoms with Gasteiger partial charge in [0.15, 0.2) is 0 Å². The first-order valence-electron chi connectivity index (χ1n) is 22.1. The van der Waals surface area contributed by atoms with Gasteiger partial charge in [-0.05, 0) is 110 Å². The van der Waals surface area contributed by atoms with Crippen LogP contribution in [0.25, 0.3) is 99.2 Å². The van der Waals surface area contributed by atoms with Crippen LogP contribution in [0.1, 0.15) is 25.0 Å². The second-order valence-electron chi connectivity index (χ2n) is 17.6. The Hall–Kier alpha value is -8.14. The largest absolute Gasteiger partial charge is 0.455 e. The van der Waals surface area contributed by atoms with Crippen molar-refractivity contribution in [1.82, 2.24) is 0 Å². The molecule has 13 rings (SSSR count). The van der Waals surface area contributed by atoms with Crippen LogP contribution in [0.15, 0.2) is 221 Å². The van der Waals surface area contributed by atoms with Crippen LogP contribution in [0, 0.1) is 0 Å². The van der Waals surface area contributed by atoms with Gasteiger partial charge in [-0.25, -0.2) is 0 Å². The zero-order chi connectivity index (χ0) is 42.5. The Morgan fingerprint density at radius 2 is 0.953 bits per heavy atom. The monoisotopic (exact) mass is 819 g/mol. The highest BCUT2D eigenvalue weighted by Gasteiger charge is 2.36. The highest BCUT2D eigenvalue weighted by atomic mass is 16.3. The molecule has 0 spiro atoms. The maximum absolute atomic E-state index is 6.94. The van der Waals surface area contributed by atoms with Crippen LogP contribution in [-0.2, 0) is 5.41 Å². The predicted molar refractivity (Wildman–Crippen MR) is 267 cm³/mol. The Morgan fingerprint density at radius 1 is 0.344 bits per heavy atom. The van der Waals surface area contributed by atoms with E-state index in [1.165, 1.54) is 38.9 Å². The summed E-state index contributed by atoms with van der Waals surface area (Å²) in [5, 5.41) is 6.49. The normalized spacial score (nSPS) is 13.0. The maximum atomic E-state index is 6.94. The van der Waals surface area contributed by atoms with Crippen molar-refractivity contribution in [3.05, 3.63) is 223 Å². The van der Waals surface area contributed by atoms with E-state index in [1.807, 2.05) is 0 Å². The molecule has 0 fully saturated rings. The summed E-state index contributed by atoms with van der Waals surface area (Å²) in [5.74, 6) is 0. The van der Waals surface area contributed by atoms with E-state index in [2.05, 4.69) is 231 Å². The molecule has 10 aromatic carbocycles. The fraction of sp³-hybridized carbons (Fsp3) is 0.0492. The first-order chi connectivity index (χ1) is 31.5. The molecule has 0 radical (unpaired) electrons. The third-order valence-electron chi connectivity index (χ3n) is 13.7. The van der Waals surface area contributed by atoms with Crippen LogP contribution in [0.5, 0.6) is 0 Å². The standard InChI is InChI=1S/C61H41NO2/c1-61(2)53-24-12-11-20-45(53)46-33-32-43(36-54(46)61)62(42-17-7-4-8-18-42)55-25-14-26-57-58(55)52-37-50(44-19-9-10-21-47(44)60(52)64-57)48-22-13-23-49-51-35-41(31-34-56(51)63-59(48)49)40-29-27-39(28-30-40)38-15-5-3-6-16-38/h3-37H,1-2H3. The molecule has 1 aliphatic rings. The van der Waals surface area contributed by atoms with Gasteiger partial charge in [-0.2, -0.15) is 0 Å². The number of para-hydroxylation sites is 2. The van der Waals surface area contributed by atoms with Gasteiger partial charge in [0.1, 0.15) is 22.3 Å². The lowest BCUT2D eigenvalue weighted by Gasteiger charge is -2.28. The van der Waals surface area contributed by atoms with E-state index in [9.17, 15) is 0 Å². The summed E-state index contributed by atoms with van der Waals surface area (Å²) in [7, 11) is 0. The fourth-order valence-corrected chi connectivity index (χ4v) is 10.6. The molecule has 3 nitrogen and oxygen atoms in total. The molecule has 0 unspecified atom stereocenters. The van der Waals surface area contributed by atoms with Crippen LogP contribution < -0.4 is 4.90 Å². The number of rotatable bonds is 6. The molecule has 0 saturated carbocycles. The van der Waals surface area contributed by atoms with Gasteiger partial charge >= 0.3 is 0 Å². The molecule has 12 aromatic rings. The molecule has 3 heteroatoms. The summed E-state index contributed by atoms with van der Waals surface area (Å²) >= 11 is 0. The van der Waals surface area contributed by atoms with Crippen LogP contribution in [0.3, 0.4) is 0 Å². The molecule has 302 valence electrons. The van der Waals surface area contributed by atoms with Gasteiger partial charge < -0.3 is 13.7 Å². The molecule has 1 aliphatic carbocycles. The smallest absolute Gasteiger partial charge is 0.143 e. The molecule has 64 heavy (non-hydrogen) atoms. The van der Waals surface area contributed by atoms with Crippen LogP contribution in [-0.4, -0.2) is 0 Å². The van der Waals surface area contributed by atoms with Gasteiger partial charge in [0.25, 0.3) is 0 Å². The minimum Gasteiger partial charge on any atom is -0.455 e. The van der Waals surface area contributed by atoms with E-state index < -0.39 is 0 Å². The number of anilines is 3. The van der Waals surface area contributed by atoms with Crippen molar-refractivity contribution in [2.24, 2.45) is 0 Å². The van der Waals surface area contributed by atoms with Gasteiger partial charge in [0.05, 0.1) is 11.1 Å². The summed E-state index contributed by atoms with van der Waals surface area (Å²) in [5.41, 5.74) is 18.8. The highest BCUT2D eigenvalue weighted by molar-refractivity contribution is 6.24. The van der Waals surface area contributed by atoms with Gasteiger partial charge in [-0.15, -0.1) is 0 Å². The third-order valence-corrected chi connectivity index (χ3v) is 13.7. The van der Waals surface area contributed by atoms with Gasteiger partial charge in [0.2, 0.25) is 0 Å². The molecule has 0 N–H and O–H groups in total. The number of hydrogen-bond donors (Lipinski definition) is 0. The number of hydrogen-bond acceptors (Lipinski definition) is 3. The Bertz CT molecular complexity index is 3800. The van der Waals surface area contributed by atoms with Gasteiger partial charge in [0, 0.05) is 43.9 Å². The van der Waals surface area contributed by atoms with Gasteiger partial charge in [-0.3, -0.25) is 0 Å². The van der Waals surface area contributed by atoms with Crippen molar-refractivity contribution < 1.29 is 8.83 Å². The second kappa shape index (κ2) is 13.9. The zero-order valence-electron chi connectivity index (χ0n) is 35.5. The van der Waals surface area contributed by atoms with Crippen molar-refractivity contribution in [2.75, 3.05) is 4.90 Å². The molecule has 0 atom stereocenters. The van der Waals surface area contributed by atoms with Crippen LogP contribution in [0.4, 0.5) is 17.1 Å². The second-order valence-corrected chi connectivity index (χ2v) is 17.6. The number of nitrogens with zero attached hydrogens (tertiary/aromatic N) is 1. The molecule has 0 saturated heterocycles. The topological polar surface area (TPSA) is 29.5 Å². The van der Waals surface area contributed by atoms with E-state index in [0.29, 0.717) is 0 Å². The van der Waals surface area contributed by atoms with Crippen molar-refractivity contribution >= 4 is 71.7 Å². The molecule has 2 aromatic heterocycles. The van der Waals surface area contributed by atoms with Gasteiger partial charge in [-0.1, -0.05) is 172 Å². The molecule has 0 amide bonds. The van der Waals surface area contributed by atoms with Crippen molar-refractivity contribution in [3.63, 3.8) is 0 Å².